The second kappa shape index (κ2) is 6.46. The first-order valence-electron chi connectivity index (χ1n) is 7.06. The summed E-state index contributed by atoms with van der Waals surface area (Å²) in [7, 11) is 0. The minimum atomic E-state index is -0.0908. The zero-order chi connectivity index (χ0) is 14.7. The van der Waals surface area contributed by atoms with Crippen LogP contribution in [0.4, 0.5) is 10.5 Å². The van der Waals surface area contributed by atoms with Gasteiger partial charge < -0.3 is 16.0 Å². The number of hydrogen-bond acceptors (Lipinski definition) is 2. The van der Waals surface area contributed by atoms with Crippen LogP contribution in [-0.2, 0) is 0 Å². The number of likely N-dealkylation sites (tertiary alicyclic amines) is 1. The zero-order valence-corrected chi connectivity index (χ0v) is 12.8. The fraction of sp³-hybridized carbons (Fsp3) is 0.533. The molecule has 2 atom stereocenters. The van der Waals surface area contributed by atoms with Crippen molar-refractivity contribution in [1.29, 1.82) is 0 Å². The molecule has 3 N–H and O–H groups in total. The second-order valence-corrected chi connectivity index (χ2v) is 5.92. The maximum absolute atomic E-state index is 12.4. The van der Waals surface area contributed by atoms with Gasteiger partial charge in [-0.15, -0.1) is 0 Å². The number of nitrogens with two attached hydrogens (primary N) is 1. The summed E-state index contributed by atoms with van der Waals surface area (Å²) in [5, 5.41) is 3.57. The molecule has 1 aliphatic rings. The van der Waals surface area contributed by atoms with Gasteiger partial charge in [-0.25, -0.2) is 4.79 Å². The summed E-state index contributed by atoms with van der Waals surface area (Å²) in [6, 6.07) is 5.57. The molecule has 2 unspecified atom stereocenters. The highest BCUT2D eigenvalue weighted by molar-refractivity contribution is 6.31. The number of aryl methyl sites for hydroxylation is 1. The Morgan fingerprint density at radius 1 is 1.55 bits per heavy atom. The molecule has 1 aromatic rings. The van der Waals surface area contributed by atoms with Crippen LogP contribution >= 0.6 is 11.6 Å². The molecule has 5 heteroatoms. The lowest BCUT2D eigenvalue weighted by Gasteiger charge is -2.39. The van der Waals surface area contributed by atoms with Crippen molar-refractivity contribution in [2.45, 2.75) is 32.7 Å². The molecule has 1 fully saturated rings. The number of anilines is 1. The quantitative estimate of drug-likeness (QED) is 0.880. The number of hydrogen-bond donors (Lipinski definition) is 2. The number of rotatable bonds is 2. The van der Waals surface area contributed by atoms with Crippen LogP contribution in [0.15, 0.2) is 18.2 Å². The average molecular weight is 296 g/mol. The molecular formula is C15H22ClN3O. The largest absolute Gasteiger partial charge is 0.328 e. The van der Waals surface area contributed by atoms with E-state index in [0.717, 1.165) is 30.6 Å². The van der Waals surface area contributed by atoms with Gasteiger partial charge in [-0.2, -0.15) is 0 Å². The van der Waals surface area contributed by atoms with Gasteiger partial charge in [-0.1, -0.05) is 24.6 Å². The standard InChI is InChI=1S/C15H22ClN3O/c1-10-5-6-12(8-13(10)16)18-15(20)19-7-3-4-11(2)14(19)9-17/h5-6,8,11,14H,3-4,7,9,17H2,1-2H3,(H,18,20). The van der Waals surface area contributed by atoms with Gasteiger partial charge in [0.15, 0.2) is 0 Å². The fourth-order valence-corrected chi connectivity index (χ4v) is 2.91. The van der Waals surface area contributed by atoms with Crippen molar-refractivity contribution in [2.24, 2.45) is 11.7 Å². The van der Waals surface area contributed by atoms with Crippen molar-refractivity contribution in [3.05, 3.63) is 28.8 Å². The van der Waals surface area contributed by atoms with E-state index in [1.54, 1.807) is 6.07 Å². The summed E-state index contributed by atoms with van der Waals surface area (Å²) < 4.78 is 0. The van der Waals surface area contributed by atoms with Crippen LogP contribution in [0.3, 0.4) is 0 Å². The van der Waals surface area contributed by atoms with Crippen molar-refractivity contribution in [3.8, 4) is 0 Å². The zero-order valence-electron chi connectivity index (χ0n) is 12.0. The van der Waals surface area contributed by atoms with Crippen LogP contribution in [0, 0.1) is 12.8 Å². The highest BCUT2D eigenvalue weighted by Crippen LogP contribution is 2.24. The monoisotopic (exact) mass is 295 g/mol. The molecule has 0 bridgehead atoms. The van der Waals surface area contributed by atoms with Crippen LogP contribution in [0.1, 0.15) is 25.3 Å². The molecule has 20 heavy (non-hydrogen) atoms. The summed E-state index contributed by atoms with van der Waals surface area (Å²) in [6.45, 7) is 5.35. The van der Waals surface area contributed by atoms with Crippen molar-refractivity contribution in [1.82, 2.24) is 4.90 Å². The van der Waals surface area contributed by atoms with Crippen molar-refractivity contribution < 1.29 is 4.79 Å². The Kier molecular flexibility index (Phi) is 4.89. The Balaban J connectivity index is 2.08. The van der Waals surface area contributed by atoms with E-state index in [2.05, 4.69) is 12.2 Å². The van der Waals surface area contributed by atoms with E-state index < -0.39 is 0 Å². The number of nitrogens with one attached hydrogen (secondary N) is 1. The minimum Gasteiger partial charge on any atom is -0.328 e. The highest BCUT2D eigenvalue weighted by atomic mass is 35.5. The van der Waals surface area contributed by atoms with Gasteiger partial charge in [0.2, 0.25) is 0 Å². The molecule has 2 rings (SSSR count). The molecule has 110 valence electrons. The fourth-order valence-electron chi connectivity index (χ4n) is 2.73. The molecule has 1 heterocycles. The lowest BCUT2D eigenvalue weighted by atomic mass is 9.91. The Morgan fingerprint density at radius 2 is 2.30 bits per heavy atom. The topological polar surface area (TPSA) is 58.4 Å². The molecule has 0 radical (unpaired) electrons. The van der Waals surface area contributed by atoms with Gasteiger partial charge in [0.25, 0.3) is 0 Å². The third kappa shape index (κ3) is 3.25. The minimum absolute atomic E-state index is 0.0908. The Hall–Kier alpha value is -1.26. The summed E-state index contributed by atoms with van der Waals surface area (Å²) in [4.78, 5) is 14.2. The first kappa shape index (κ1) is 15.1. The highest BCUT2D eigenvalue weighted by Gasteiger charge is 2.30. The van der Waals surface area contributed by atoms with Crippen LogP contribution in [0.25, 0.3) is 0 Å². The van der Waals surface area contributed by atoms with Gasteiger partial charge in [-0.05, 0) is 43.4 Å². The summed E-state index contributed by atoms with van der Waals surface area (Å²) in [5.74, 6) is 0.445. The van der Waals surface area contributed by atoms with Crippen molar-refractivity contribution in [3.63, 3.8) is 0 Å². The van der Waals surface area contributed by atoms with Crippen molar-refractivity contribution in [2.75, 3.05) is 18.4 Å². The van der Waals surface area contributed by atoms with Gasteiger partial charge in [0.05, 0.1) is 0 Å². The molecular weight excluding hydrogens is 274 g/mol. The third-order valence-electron chi connectivity index (χ3n) is 4.04. The second-order valence-electron chi connectivity index (χ2n) is 5.51. The Morgan fingerprint density at radius 3 is 2.95 bits per heavy atom. The van der Waals surface area contributed by atoms with E-state index in [0.29, 0.717) is 17.5 Å². The van der Waals surface area contributed by atoms with Crippen molar-refractivity contribution >= 4 is 23.3 Å². The summed E-state index contributed by atoms with van der Waals surface area (Å²) >= 11 is 6.08. The van der Waals surface area contributed by atoms with E-state index in [1.165, 1.54) is 0 Å². The average Bonchev–Trinajstić information content (AvgIpc) is 2.42. The molecule has 2 amide bonds. The normalized spacial score (nSPS) is 22.7. The third-order valence-corrected chi connectivity index (χ3v) is 4.45. The molecule has 0 saturated carbocycles. The maximum Gasteiger partial charge on any atom is 0.322 e. The number of carbonyl (C=O) groups excluding carboxylic acids is 1. The summed E-state index contributed by atoms with van der Waals surface area (Å²) in [6.07, 6.45) is 2.15. The Labute approximate surface area is 125 Å². The maximum atomic E-state index is 12.4. The van der Waals surface area contributed by atoms with Crippen LogP contribution in [0.2, 0.25) is 5.02 Å². The lowest BCUT2D eigenvalue weighted by molar-refractivity contribution is 0.133. The van der Waals surface area contributed by atoms with Gasteiger partial charge >= 0.3 is 6.03 Å². The number of halogens is 1. The SMILES string of the molecule is Cc1ccc(NC(=O)N2CCCC(C)C2CN)cc1Cl. The number of carbonyl (C=O) groups is 1. The number of amides is 2. The summed E-state index contributed by atoms with van der Waals surface area (Å²) in [5.41, 5.74) is 7.53. The molecule has 0 aliphatic carbocycles. The smallest absolute Gasteiger partial charge is 0.322 e. The van der Waals surface area contributed by atoms with Crippen LogP contribution in [-0.4, -0.2) is 30.1 Å². The van der Waals surface area contributed by atoms with E-state index >= 15 is 0 Å². The van der Waals surface area contributed by atoms with Crippen LogP contribution < -0.4 is 11.1 Å². The predicted octanol–water partition coefficient (Wildman–Crippen LogP) is 3.24. The van der Waals surface area contributed by atoms with Crippen LogP contribution in [0.5, 0.6) is 0 Å². The van der Waals surface area contributed by atoms with E-state index in [1.807, 2.05) is 24.0 Å². The molecule has 1 saturated heterocycles. The first-order valence-corrected chi connectivity index (χ1v) is 7.44. The molecule has 1 aliphatic heterocycles. The molecule has 1 aromatic carbocycles. The molecule has 0 aromatic heterocycles. The number of urea groups is 1. The van der Waals surface area contributed by atoms with Gasteiger partial charge in [0, 0.05) is 29.8 Å². The number of nitrogens with zero attached hydrogens (tertiary/aromatic N) is 1. The van der Waals surface area contributed by atoms with Gasteiger partial charge in [0.1, 0.15) is 0 Å². The molecule has 0 spiro atoms. The first-order chi connectivity index (χ1) is 9.52. The lowest BCUT2D eigenvalue weighted by Crippen LogP contribution is -2.52. The Bertz CT molecular complexity index is 492. The van der Waals surface area contributed by atoms with E-state index in [4.69, 9.17) is 17.3 Å². The predicted molar refractivity (Wildman–Crippen MR) is 83.2 cm³/mol. The van der Waals surface area contributed by atoms with E-state index in [-0.39, 0.29) is 12.1 Å². The van der Waals surface area contributed by atoms with Gasteiger partial charge in [-0.3, -0.25) is 0 Å². The van der Waals surface area contributed by atoms with E-state index in [9.17, 15) is 4.79 Å². The number of piperidine rings is 1. The molecule has 4 nitrogen and oxygen atoms in total. The number of benzene rings is 1.